The third-order valence-electron chi connectivity index (χ3n) is 4.01. The molecule has 3 nitrogen and oxygen atoms in total. The zero-order chi connectivity index (χ0) is 13.5. The highest BCUT2D eigenvalue weighted by atomic mass is 19.3. The monoisotopic (exact) mass is 268 g/mol. The van der Waals surface area contributed by atoms with E-state index < -0.39 is 11.5 Å². The standard InChI is InChI=1S/C14H18F2N2O/c15-14(16)10-13(14,17)12-3-1-11(2-4-12)9-18-5-7-19-8-6-18/h1-4H,5-10,17H2. The molecule has 19 heavy (non-hydrogen) atoms. The van der Waals surface area contributed by atoms with Crippen LogP contribution in [0.4, 0.5) is 8.78 Å². The Labute approximate surface area is 111 Å². The Morgan fingerprint density at radius 3 is 2.26 bits per heavy atom. The molecule has 3 rings (SSSR count). The summed E-state index contributed by atoms with van der Waals surface area (Å²) in [7, 11) is 0. The predicted octanol–water partition coefficient (Wildman–Crippen LogP) is 1.71. The van der Waals surface area contributed by atoms with Crippen LogP contribution in [-0.4, -0.2) is 37.1 Å². The van der Waals surface area contributed by atoms with Crippen LogP contribution in [0.25, 0.3) is 0 Å². The molecule has 2 N–H and O–H groups in total. The molecule has 1 aromatic rings. The highest BCUT2D eigenvalue weighted by Gasteiger charge is 2.69. The number of nitrogens with zero attached hydrogens (tertiary/aromatic N) is 1. The molecule has 0 spiro atoms. The zero-order valence-electron chi connectivity index (χ0n) is 10.7. The average molecular weight is 268 g/mol. The molecule has 1 aromatic carbocycles. The summed E-state index contributed by atoms with van der Waals surface area (Å²) in [5.41, 5.74) is 5.92. The number of halogens is 2. The second-order valence-electron chi connectivity index (χ2n) is 5.44. The second-order valence-corrected chi connectivity index (χ2v) is 5.44. The van der Waals surface area contributed by atoms with Crippen molar-refractivity contribution in [1.82, 2.24) is 4.90 Å². The topological polar surface area (TPSA) is 38.5 Å². The lowest BCUT2D eigenvalue weighted by atomic mass is 10.0. The summed E-state index contributed by atoms with van der Waals surface area (Å²) in [6, 6.07) is 7.26. The van der Waals surface area contributed by atoms with Crippen molar-refractivity contribution in [2.75, 3.05) is 26.3 Å². The van der Waals surface area contributed by atoms with E-state index >= 15 is 0 Å². The first-order valence-electron chi connectivity index (χ1n) is 6.57. The van der Waals surface area contributed by atoms with Crippen molar-refractivity contribution in [2.45, 2.75) is 24.4 Å². The molecule has 1 heterocycles. The summed E-state index contributed by atoms with van der Waals surface area (Å²) in [5, 5.41) is 0. The Morgan fingerprint density at radius 2 is 1.74 bits per heavy atom. The fourth-order valence-electron chi connectivity index (χ4n) is 2.54. The van der Waals surface area contributed by atoms with Crippen LogP contribution < -0.4 is 5.73 Å². The van der Waals surface area contributed by atoms with Gasteiger partial charge in [0, 0.05) is 26.1 Å². The number of morpholine rings is 1. The largest absolute Gasteiger partial charge is 0.379 e. The summed E-state index contributed by atoms with van der Waals surface area (Å²) in [4.78, 5) is 2.29. The summed E-state index contributed by atoms with van der Waals surface area (Å²) in [6.45, 7) is 4.19. The lowest BCUT2D eigenvalue weighted by molar-refractivity contribution is 0.0342. The van der Waals surface area contributed by atoms with E-state index in [4.69, 9.17) is 10.5 Å². The van der Waals surface area contributed by atoms with Crippen LogP contribution in [0.1, 0.15) is 17.5 Å². The molecule has 1 atom stereocenters. The highest BCUT2D eigenvalue weighted by molar-refractivity contribution is 5.37. The van der Waals surface area contributed by atoms with Gasteiger partial charge in [-0.2, -0.15) is 0 Å². The minimum atomic E-state index is -2.75. The van der Waals surface area contributed by atoms with Crippen molar-refractivity contribution in [3.63, 3.8) is 0 Å². The van der Waals surface area contributed by atoms with Gasteiger partial charge >= 0.3 is 0 Å². The Bertz CT molecular complexity index is 457. The van der Waals surface area contributed by atoms with Gasteiger partial charge in [-0.25, -0.2) is 8.78 Å². The molecule has 104 valence electrons. The molecule has 5 heteroatoms. The maximum atomic E-state index is 13.2. The Kier molecular flexibility index (Phi) is 3.08. The van der Waals surface area contributed by atoms with Gasteiger partial charge < -0.3 is 10.5 Å². The van der Waals surface area contributed by atoms with E-state index in [1.165, 1.54) is 0 Å². The fourth-order valence-corrected chi connectivity index (χ4v) is 2.54. The molecule has 2 fully saturated rings. The fraction of sp³-hybridized carbons (Fsp3) is 0.571. The van der Waals surface area contributed by atoms with Gasteiger partial charge in [0.1, 0.15) is 5.54 Å². The van der Waals surface area contributed by atoms with Gasteiger partial charge in [0.15, 0.2) is 0 Å². The van der Waals surface area contributed by atoms with Gasteiger partial charge in [-0.15, -0.1) is 0 Å². The molecule has 0 amide bonds. The molecule has 1 aliphatic heterocycles. The zero-order valence-corrected chi connectivity index (χ0v) is 10.7. The van der Waals surface area contributed by atoms with Gasteiger partial charge in [-0.3, -0.25) is 4.90 Å². The minimum Gasteiger partial charge on any atom is -0.379 e. The molecule has 1 aliphatic carbocycles. The minimum absolute atomic E-state index is 0.247. The molecular formula is C14H18F2N2O. The van der Waals surface area contributed by atoms with Crippen LogP contribution in [0.15, 0.2) is 24.3 Å². The number of hydrogen-bond donors (Lipinski definition) is 1. The van der Waals surface area contributed by atoms with Crippen LogP contribution in [0.3, 0.4) is 0 Å². The third kappa shape index (κ3) is 2.38. The van der Waals surface area contributed by atoms with Gasteiger partial charge in [-0.05, 0) is 11.1 Å². The van der Waals surface area contributed by atoms with Gasteiger partial charge in [-0.1, -0.05) is 24.3 Å². The van der Waals surface area contributed by atoms with Crippen LogP contribution >= 0.6 is 0 Å². The Balaban J connectivity index is 1.66. The number of rotatable bonds is 3. The van der Waals surface area contributed by atoms with Crippen molar-refractivity contribution >= 4 is 0 Å². The van der Waals surface area contributed by atoms with Crippen LogP contribution in [0.5, 0.6) is 0 Å². The van der Waals surface area contributed by atoms with Crippen molar-refractivity contribution in [2.24, 2.45) is 5.73 Å². The molecule has 2 aliphatic rings. The summed E-state index contributed by atoms with van der Waals surface area (Å²) >= 11 is 0. The van der Waals surface area contributed by atoms with E-state index in [-0.39, 0.29) is 6.42 Å². The average Bonchev–Trinajstić information content (AvgIpc) is 2.92. The summed E-state index contributed by atoms with van der Waals surface area (Å²) < 4.78 is 31.7. The molecule has 1 saturated carbocycles. The van der Waals surface area contributed by atoms with Gasteiger partial charge in [0.05, 0.1) is 13.2 Å². The van der Waals surface area contributed by atoms with Crippen LogP contribution in [0, 0.1) is 0 Å². The number of ether oxygens (including phenoxy) is 1. The smallest absolute Gasteiger partial charge is 0.272 e. The molecular weight excluding hydrogens is 250 g/mol. The van der Waals surface area contributed by atoms with Crippen molar-refractivity contribution < 1.29 is 13.5 Å². The number of alkyl halides is 2. The first kappa shape index (κ1) is 13.0. The lowest BCUT2D eigenvalue weighted by Crippen LogP contribution is -2.35. The number of nitrogens with two attached hydrogens (primary N) is 1. The van der Waals surface area contributed by atoms with E-state index in [1.54, 1.807) is 12.1 Å². The summed E-state index contributed by atoms with van der Waals surface area (Å²) in [6.07, 6.45) is -0.247. The molecule has 1 unspecified atom stereocenters. The lowest BCUT2D eigenvalue weighted by Gasteiger charge is -2.26. The van der Waals surface area contributed by atoms with E-state index in [2.05, 4.69) is 4.90 Å². The normalized spacial score (nSPS) is 30.3. The van der Waals surface area contributed by atoms with Crippen molar-refractivity contribution in [3.8, 4) is 0 Å². The first-order chi connectivity index (χ1) is 9.01. The van der Waals surface area contributed by atoms with Crippen molar-refractivity contribution in [3.05, 3.63) is 35.4 Å². The van der Waals surface area contributed by atoms with Gasteiger partial charge in [0.2, 0.25) is 0 Å². The Morgan fingerprint density at radius 1 is 1.16 bits per heavy atom. The van der Waals surface area contributed by atoms with E-state index in [0.717, 1.165) is 38.4 Å². The van der Waals surface area contributed by atoms with Crippen molar-refractivity contribution in [1.29, 1.82) is 0 Å². The van der Waals surface area contributed by atoms with E-state index in [9.17, 15) is 8.78 Å². The summed E-state index contributed by atoms with van der Waals surface area (Å²) in [5.74, 6) is -2.75. The first-order valence-corrected chi connectivity index (χ1v) is 6.57. The molecule has 0 bridgehead atoms. The third-order valence-corrected chi connectivity index (χ3v) is 4.01. The van der Waals surface area contributed by atoms with Crippen LogP contribution in [0.2, 0.25) is 0 Å². The maximum absolute atomic E-state index is 13.2. The maximum Gasteiger partial charge on any atom is 0.272 e. The second kappa shape index (κ2) is 4.51. The number of hydrogen-bond acceptors (Lipinski definition) is 3. The van der Waals surface area contributed by atoms with Crippen LogP contribution in [-0.2, 0) is 16.8 Å². The molecule has 0 radical (unpaired) electrons. The van der Waals surface area contributed by atoms with E-state index in [1.807, 2.05) is 12.1 Å². The molecule has 0 aromatic heterocycles. The SMILES string of the molecule is NC1(c2ccc(CN3CCOCC3)cc2)CC1(F)F. The highest BCUT2D eigenvalue weighted by Crippen LogP contribution is 2.57. The van der Waals surface area contributed by atoms with E-state index in [0.29, 0.717) is 5.56 Å². The number of benzene rings is 1. The quantitative estimate of drug-likeness (QED) is 0.907. The Hall–Kier alpha value is -1.04. The predicted molar refractivity (Wildman–Crippen MR) is 68.0 cm³/mol. The van der Waals surface area contributed by atoms with Gasteiger partial charge in [0.25, 0.3) is 5.92 Å². The molecule has 1 saturated heterocycles.